The van der Waals surface area contributed by atoms with Gasteiger partial charge in [-0.2, -0.15) is 0 Å². The number of carbonyl (C=O) groups is 1. The summed E-state index contributed by atoms with van der Waals surface area (Å²) in [6, 6.07) is 3.90. The molecule has 0 bridgehead atoms. The first kappa shape index (κ1) is 18.9. The molecule has 0 N–H and O–H groups in total. The van der Waals surface area contributed by atoms with Gasteiger partial charge in [-0.05, 0) is 42.3 Å². The van der Waals surface area contributed by atoms with Gasteiger partial charge in [-0.1, -0.05) is 47.5 Å². The van der Waals surface area contributed by atoms with Gasteiger partial charge in [0.15, 0.2) is 0 Å². The lowest BCUT2D eigenvalue weighted by Crippen LogP contribution is -2.14. The Kier molecular flexibility index (Phi) is 10.1. The molecule has 0 saturated carbocycles. The van der Waals surface area contributed by atoms with Gasteiger partial charge in [0, 0.05) is 12.4 Å². The van der Waals surface area contributed by atoms with E-state index in [-0.39, 0.29) is 11.5 Å². The van der Waals surface area contributed by atoms with Gasteiger partial charge in [-0.15, -0.1) is 0 Å². The van der Waals surface area contributed by atoms with Crippen molar-refractivity contribution in [1.29, 1.82) is 0 Å². The van der Waals surface area contributed by atoms with Gasteiger partial charge in [0.1, 0.15) is 0 Å². The van der Waals surface area contributed by atoms with E-state index >= 15 is 0 Å². The molecule has 0 amide bonds. The molecule has 0 aliphatic heterocycles. The molecule has 0 aromatic carbocycles. The van der Waals surface area contributed by atoms with Gasteiger partial charge in [0.25, 0.3) is 0 Å². The highest BCUT2D eigenvalue weighted by Gasteiger charge is 2.12. The largest absolute Gasteiger partial charge is 0.312 e. The molecule has 1 rings (SSSR count). The Morgan fingerprint density at radius 1 is 1.15 bits per heavy atom. The summed E-state index contributed by atoms with van der Waals surface area (Å²) < 4.78 is 0. The van der Waals surface area contributed by atoms with Crippen molar-refractivity contribution in [1.82, 2.24) is 4.98 Å². The van der Waals surface area contributed by atoms with Crippen molar-refractivity contribution in [3.05, 3.63) is 30.1 Å². The maximum Gasteiger partial charge on any atom is 0.210 e. The summed E-state index contributed by atoms with van der Waals surface area (Å²) in [5, 5.41) is 0. The van der Waals surface area contributed by atoms with Gasteiger partial charge >= 0.3 is 0 Å². The molecule has 1 aromatic heterocycles. The summed E-state index contributed by atoms with van der Waals surface area (Å²) in [6.45, 7) is 12.7. The van der Waals surface area contributed by atoms with Crippen molar-refractivity contribution in [3.63, 3.8) is 0 Å². The van der Waals surface area contributed by atoms with Crippen molar-refractivity contribution < 1.29 is 4.79 Å². The second-order valence-corrected chi connectivity index (χ2v) is 5.70. The average Bonchev–Trinajstić information content (AvgIpc) is 2.45. The average molecular weight is 274 g/mol. The van der Waals surface area contributed by atoms with Crippen LogP contribution >= 0.6 is 0 Å². The standard InChI is InChI=1S/C10H13BNO.C7H16/c1-3-10(11-8(2)13)9-4-6-12-7-5-9;1-5-7(4)6(2)3/h4-7,10H,3H2,1-2H3;6-7H,5H2,1-4H3. The number of carbonyl (C=O) groups excluding carboxylic acids is 1. The molecule has 111 valence electrons. The number of rotatable bonds is 6. The Bertz CT molecular complexity index is 365. The fourth-order valence-electron chi connectivity index (χ4n) is 1.82. The Morgan fingerprint density at radius 3 is 2.00 bits per heavy atom. The summed E-state index contributed by atoms with van der Waals surface area (Å²) in [5.41, 5.74) is 1.29. The molecular formula is C17H29BNO. The predicted molar refractivity (Wildman–Crippen MR) is 88.0 cm³/mol. The number of pyridine rings is 1. The lowest BCUT2D eigenvalue weighted by molar-refractivity contribution is -0.110. The minimum Gasteiger partial charge on any atom is -0.312 e. The lowest BCUT2D eigenvalue weighted by atomic mass is 9.58. The Balaban J connectivity index is 0.000000441. The normalized spacial score (nSPS) is 13.2. The van der Waals surface area contributed by atoms with E-state index < -0.39 is 0 Å². The molecule has 20 heavy (non-hydrogen) atoms. The van der Waals surface area contributed by atoms with Gasteiger partial charge in [0.05, 0.1) is 5.68 Å². The van der Waals surface area contributed by atoms with Gasteiger partial charge < -0.3 is 4.79 Å². The maximum atomic E-state index is 10.9. The van der Waals surface area contributed by atoms with Crippen molar-refractivity contribution in [2.75, 3.05) is 0 Å². The van der Waals surface area contributed by atoms with Crippen LogP contribution < -0.4 is 0 Å². The Labute approximate surface area is 125 Å². The van der Waals surface area contributed by atoms with Crippen LogP contribution in [0.1, 0.15) is 65.8 Å². The van der Waals surface area contributed by atoms with E-state index in [2.05, 4.69) is 39.6 Å². The number of nitrogens with zero attached hydrogens (tertiary/aromatic N) is 1. The molecule has 0 aliphatic rings. The zero-order chi connectivity index (χ0) is 15.5. The molecule has 1 aromatic rings. The smallest absolute Gasteiger partial charge is 0.210 e. The van der Waals surface area contributed by atoms with Gasteiger partial charge in [-0.25, -0.2) is 0 Å². The SMILES string of the molecule is CCC(C)C(C)C.CCC([B]C(C)=O)c1ccncc1. The van der Waals surface area contributed by atoms with E-state index in [1.165, 1.54) is 6.42 Å². The molecule has 2 atom stereocenters. The minimum atomic E-state index is 0.128. The molecule has 3 heteroatoms. The molecule has 1 radical (unpaired) electrons. The molecule has 1 heterocycles. The van der Waals surface area contributed by atoms with E-state index in [0.29, 0.717) is 0 Å². The van der Waals surface area contributed by atoms with Crippen LogP contribution in [0.4, 0.5) is 0 Å². The highest BCUT2D eigenvalue weighted by Crippen LogP contribution is 2.16. The van der Waals surface area contributed by atoms with Crippen LogP contribution in [0.15, 0.2) is 24.5 Å². The van der Waals surface area contributed by atoms with Crippen LogP contribution in [0, 0.1) is 11.8 Å². The van der Waals surface area contributed by atoms with Gasteiger partial charge in [-0.3, -0.25) is 4.98 Å². The summed E-state index contributed by atoms with van der Waals surface area (Å²) in [6.07, 6.45) is 5.78. The second-order valence-electron chi connectivity index (χ2n) is 5.70. The minimum absolute atomic E-state index is 0.128. The zero-order valence-electron chi connectivity index (χ0n) is 13.9. The third-order valence-electron chi connectivity index (χ3n) is 3.79. The van der Waals surface area contributed by atoms with E-state index in [0.717, 1.165) is 23.8 Å². The van der Waals surface area contributed by atoms with Crippen LogP contribution in [0.25, 0.3) is 0 Å². The molecular weight excluding hydrogens is 245 g/mol. The fourth-order valence-corrected chi connectivity index (χ4v) is 1.82. The first-order chi connectivity index (χ1) is 9.42. The lowest BCUT2D eigenvalue weighted by Gasteiger charge is -2.11. The summed E-state index contributed by atoms with van der Waals surface area (Å²) in [7, 11) is 1.76. The van der Waals surface area contributed by atoms with Gasteiger partial charge in [0.2, 0.25) is 7.28 Å². The first-order valence-corrected chi connectivity index (χ1v) is 7.67. The molecule has 0 saturated heterocycles. The van der Waals surface area contributed by atoms with E-state index in [1.807, 2.05) is 12.1 Å². The quantitative estimate of drug-likeness (QED) is 0.716. The van der Waals surface area contributed by atoms with Crippen LogP contribution in [-0.2, 0) is 4.79 Å². The zero-order valence-corrected chi connectivity index (χ0v) is 13.9. The van der Waals surface area contributed by atoms with Crippen LogP contribution in [0.5, 0.6) is 0 Å². The summed E-state index contributed by atoms with van der Waals surface area (Å²) in [4.78, 5) is 14.9. The topological polar surface area (TPSA) is 30.0 Å². The van der Waals surface area contributed by atoms with Crippen LogP contribution in [0.2, 0.25) is 0 Å². The van der Waals surface area contributed by atoms with Crippen molar-refractivity contribution in [2.45, 2.75) is 60.2 Å². The molecule has 0 fully saturated rings. The van der Waals surface area contributed by atoms with Crippen molar-refractivity contribution in [3.8, 4) is 0 Å². The Morgan fingerprint density at radius 2 is 1.70 bits per heavy atom. The molecule has 0 spiro atoms. The third-order valence-corrected chi connectivity index (χ3v) is 3.79. The monoisotopic (exact) mass is 274 g/mol. The Hall–Kier alpha value is -1.12. The van der Waals surface area contributed by atoms with Crippen molar-refractivity contribution >= 4 is 13.0 Å². The van der Waals surface area contributed by atoms with E-state index in [4.69, 9.17) is 0 Å². The van der Waals surface area contributed by atoms with E-state index in [9.17, 15) is 4.79 Å². The number of hydrogen-bond acceptors (Lipinski definition) is 2. The molecule has 0 aliphatic carbocycles. The second kappa shape index (κ2) is 10.6. The maximum absolute atomic E-state index is 10.9. The third kappa shape index (κ3) is 8.14. The predicted octanol–water partition coefficient (Wildman–Crippen LogP) is 4.47. The fraction of sp³-hybridized carbons (Fsp3) is 0.647. The molecule has 2 nitrogen and oxygen atoms in total. The molecule has 2 unspecified atom stereocenters. The highest BCUT2D eigenvalue weighted by molar-refractivity contribution is 6.74. The highest BCUT2D eigenvalue weighted by atomic mass is 16.1. The number of hydrogen-bond donors (Lipinski definition) is 0. The van der Waals surface area contributed by atoms with E-state index in [1.54, 1.807) is 26.6 Å². The van der Waals surface area contributed by atoms with Crippen molar-refractivity contribution in [2.24, 2.45) is 11.8 Å². The number of aromatic nitrogens is 1. The summed E-state index contributed by atoms with van der Waals surface area (Å²) in [5.74, 6) is 2.01. The first-order valence-electron chi connectivity index (χ1n) is 7.67. The van der Waals surface area contributed by atoms with Crippen LogP contribution in [0.3, 0.4) is 0 Å². The van der Waals surface area contributed by atoms with Crippen LogP contribution in [-0.4, -0.2) is 17.9 Å². The summed E-state index contributed by atoms with van der Waals surface area (Å²) >= 11 is 0.